The van der Waals surface area contributed by atoms with Crippen molar-refractivity contribution in [3.8, 4) is 0 Å². The van der Waals surface area contributed by atoms with E-state index in [1.807, 2.05) is 12.1 Å². The highest BCUT2D eigenvalue weighted by molar-refractivity contribution is 6.30. The minimum atomic E-state index is 0.125. The Morgan fingerprint density at radius 1 is 1.35 bits per heavy atom. The van der Waals surface area contributed by atoms with E-state index in [1.165, 1.54) is 18.4 Å². The molecule has 2 unspecified atom stereocenters. The molecule has 17 heavy (non-hydrogen) atoms. The van der Waals surface area contributed by atoms with Crippen LogP contribution in [0.5, 0.6) is 0 Å². The van der Waals surface area contributed by atoms with Crippen molar-refractivity contribution in [3.05, 3.63) is 34.9 Å². The Kier molecular flexibility index (Phi) is 4.08. The minimum absolute atomic E-state index is 0.125. The molecule has 3 heteroatoms. The maximum Gasteiger partial charge on any atom is 0.0493 e. The number of halogens is 1. The second-order valence-electron chi connectivity index (χ2n) is 5.24. The van der Waals surface area contributed by atoms with Crippen LogP contribution in [0.1, 0.15) is 31.4 Å². The number of nitrogens with zero attached hydrogens (tertiary/aromatic N) is 1. The summed E-state index contributed by atoms with van der Waals surface area (Å²) in [7, 11) is 2.17. The van der Waals surface area contributed by atoms with Crippen LogP contribution in [0.2, 0.25) is 5.02 Å². The summed E-state index contributed by atoms with van der Waals surface area (Å²) in [5.41, 5.74) is 7.39. The molecule has 0 aliphatic heterocycles. The molecule has 2 atom stereocenters. The first-order chi connectivity index (χ1) is 8.08. The molecule has 1 aromatic carbocycles. The van der Waals surface area contributed by atoms with E-state index in [9.17, 15) is 0 Å². The highest BCUT2D eigenvalue weighted by Gasteiger charge is 2.28. The third kappa shape index (κ3) is 3.44. The lowest BCUT2D eigenvalue weighted by Gasteiger charge is -2.31. The molecule has 0 aromatic heterocycles. The van der Waals surface area contributed by atoms with E-state index in [-0.39, 0.29) is 12.1 Å². The van der Waals surface area contributed by atoms with Crippen molar-refractivity contribution in [2.75, 3.05) is 13.6 Å². The van der Waals surface area contributed by atoms with Gasteiger partial charge in [0.25, 0.3) is 0 Å². The third-order valence-corrected chi connectivity index (χ3v) is 3.68. The summed E-state index contributed by atoms with van der Waals surface area (Å²) in [5, 5.41) is 0.780. The topological polar surface area (TPSA) is 29.3 Å². The molecule has 94 valence electrons. The highest BCUT2D eigenvalue weighted by Crippen LogP contribution is 2.33. The van der Waals surface area contributed by atoms with Crippen molar-refractivity contribution in [1.29, 1.82) is 0 Å². The van der Waals surface area contributed by atoms with E-state index in [2.05, 4.69) is 31.0 Å². The SMILES string of the molecule is CC(N)C(c1ccc(Cl)cc1)N(C)CC1CC1. The Morgan fingerprint density at radius 3 is 2.41 bits per heavy atom. The molecule has 0 heterocycles. The lowest BCUT2D eigenvalue weighted by molar-refractivity contribution is 0.211. The molecule has 0 amide bonds. The Bertz CT molecular complexity index is 357. The summed E-state index contributed by atoms with van der Waals surface area (Å²) in [4.78, 5) is 2.38. The summed E-state index contributed by atoms with van der Waals surface area (Å²) in [5.74, 6) is 0.883. The number of likely N-dealkylation sites (N-methyl/N-ethyl adjacent to an activating group) is 1. The van der Waals surface area contributed by atoms with Gasteiger partial charge in [-0.15, -0.1) is 0 Å². The Morgan fingerprint density at radius 2 is 1.94 bits per heavy atom. The number of rotatable bonds is 5. The first-order valence-electron chi connectivity index (χ1n) is 6.29. The van der Waals surface area contributed by atoms with Gasteiger partial charge in [-0.3, -0.25) is 4.90 Å². The van der Waals surface area contributed by atoms with Crippen LogP contribution < -0.4 is 5.73 Å². The third-order valence-electron chi connectivity index (χ3n) is 3.43. The van der Waals surface area contributed by atoms with Crippen LogP contribution in [-0.2, 0) is 0 Å². The molecule has 2 rings (SSSR count). The molecule has 1 aromatic rings. The fourth-order valence-corrected chi connectivity index (χ4v) is 2.57. The fraction of sp³-hybridized carbons (Fsp3) is 0.571. The highest BCUT2D eigenvalue weighted by atomic mass is 35.5. The van der Waals surface area contributed by atoms with E-state index in [1.54, 1.807) is 0 Å². The predicted octanol–water partition coefficient (Wildman–Crippen LogP) is 3.07. The molecule has 1 fully saturated rings. The summed E-state index contributed by atoms with van der Waals surface area (Å²) in [6, 6.07) is 8.46. The van der Waals surface area contributed by atoms with Crippen molar-refractivity contribution < 1.29 is 0 Å². The van der Waals surface area contributed by atoms with Gasteiger partial charge in [0, 0.05) is 23.7 Å². The minimum Gasteiger partial charge on any atom is -0.326 e. The van der Waals surface area contributed by atoms with Crippen LogP contribution in [-0.4, -0.2) is 24.5 Å². The van der Waals surface area contributed by atoms with Gasteiger partial charge < -0.3 is 5.73 Å². The van der Waals surface area contributed by atoms with Crippen LogP contribution in [0, 0.1) is 5.92 Å². The maximum absolute atomic E-state index is 6.13. The van der Waals surface area contributed by atoms with Gasteiger partial charge in [-0.2, -0.15) is 0 Å². The van der Waals surface area contributed by atoms with Crippen LogP contribution in [0.4, 0.5) is 0 Å². The monoisotopic (exact) mass is 252 g/mol. The van der Waals surface area contributed by atoms with Gasteiger partial charge >= 0.3 is 0 Å². The van der Waals surface area contributed by atoms with E-state index in [0.29, 0.717) is 0 Å². The first kappa shape index (κ1) is 12.9. The number of nitrogens with two attached hydrogens (primary N) is 1. The standard InChI is InChI=1S/C14H21ClN2/c1-10(16)14(17(2)9-11-3-4-11)12-5-7-13(15)8-6-12/h5-8,10-11,14H,3-4,9,16H2,1-2H3. The molecule has 1 aliphatic rings. The zero-order valence-electron chi connectivity index (χ0n) is 10.6. The molecular weight excluding hydrogens is 232 g/mol. The Balaban J connectivity index is 2.12. The van der Waals surface area contributed by atoms with Gasteiger partial charge in [-0.25, -0.2) is 0 Å². The van der Waals surface area contributed by atoms with Crippen LogP contribution in [0.15, 0.2) is 24.3 Å². The van der Waals surface area contributed by atoms with E-state index < -0.39 is 0 Å². The number of hydrogen-bond donors (Lipinski definition) is 1. The molecule has 1 aliphatic carbocycles. The average molecular weight is 253 g/mol. The van der Waals surface area contributed by atoms with Crippen LogP contribution >= 0.6 is 11.6 Å². The zero-order chi connectivity index (χ0) is 12.4. The van der Waals surface area contributed by atoms with Crippen molar-refractivity contribution in [2.45, 2.75) is 31.8 Å². The summed E-state index contributed by atoms with van der Waals surface area (Å²) in [6.07, 6.45) is 2.74. The van der Waals surface area contributed by atoms with Crippen LogP contribution in [0.3, 0.4) is 0 Å². The zero-order valence-corrected chi connectivity index (χ0v) is 11.3. The molecule has 0 bridgehead atoms. The summed E-state index contributed by atoms with van der Waals surface area (Å²) < 4.78 is 0. The summed E-state index contributed by atoms with van der Waals surface area (Å²) in [6.45, 7) is 3.22. The lowest BCUT2D eigenvalue weighted by atomic mass is 9.99. The van der Waals surface area contributed by atoms with E-state index in [0.717, 1.165) is 17.5 Å². The smallest absolute Gasteiger partial charge is 0.0493 e. The van der Waals surface area contributed by atoms with Crippen LogP contribution in [0.25, 0.3) is 0 Å². The Hall–Kier alpha value is -0.570. The molecule has 0 saturated heterocycles. The predicted molar refractivity (Wildman–Crippen MR) is 73.2 cm³/mol. The maximum atomic E-state index is 6.13. The average Bonchev–Trinajstić information content (AvgIpc) is 3.04. The van der Waals surface area contributed by atoms with Gasteiger partial charge in [0.2, 0.25) is 0 Å². The van der Waals surface area contributed by atoms with Crippen molar-refractivity contribution >= 4 is 11.6 Å². The van der Waals surface area contributed by atoms with E-state index >= 15 is 0 Å². The fourth-order valence-electron chi connectivity index (χ4n) is 2.44. The second-order valence-corrected chi connectivity index (χ2v) is 5.67. The molecule has 0 spiro atoms. The molecule has 2 nitrogen and oxygen atoms in total. The lowest BCUT2D eigenvalue weighted by Crippen LogP contribution is -2.38. The van der Waals surface area contributed by atoms with Gasteiger partial charge in [-0.05, 0) is 50.4 Å². The Labute approximate surface area is 109 Å². The molecule has 2 N–H and O–H groups in total. The number of hydrogen-bond acceptors (Lipinski definition) is 2. The van der Waals surface area contributed by atoms with Gasteiger partial charge in [0.15, 0.2) is 0 Å². The van der Waals surface area contributed by atoms with Crippen molar-refractivity contribution in [2.24, 2.45) is 11.7 Å². The van der Waals surface area contributed by atoms with Gasteiger partial charge in [-0.1, -0.05) is 23.7 Å². The van der Waals surface area contributed by atoms with Crippen molar-refractivity contribution in [1.82, 2.24) is 4.90 Å². The first-order valence-corrected chi connectivity index (χ1v) is 6.67. The van der Waals surface area contributed by atoms with Gasteiger partial charge in [0.1, 0.15) is 0 Å². The normalized spacial score (nSPS) is 19.4. The molecule has 0 radical (unpaired) electrons. The second kappa shape index (κ2) is 5.38. The molecule has 1 saturated carbocycles. The largest absolute Gasteiger partial charge is 0.326 e. The quantitative estimate of drug-likeness (QED) is 0.873. The number of benzene rings is 1. The van der Waals surface area contributed by atoms with Crippen molar-refractivity contribution in [3.63, 3.8) is 0 Å². The molecular formula is C14H21ClN2. The van der Waals surface area contributed by atoms with E-state index in [4.69, 9.17) is 17.3 Å². The summed E-state index contributed by atoms with van der Waals surface area (Å²) >= 11 is 5.92. The van der Waals surface area contributed by atoms with Gasteiger partial charge in [0.05, 0.1) is 0 Å².